The van der Waals surface area contributed by atoms with E-state index in [4.69, 9.17) is 16.3 Å². The standard InChI is InChI=1S/C19H18ClN5O2S/c1-27-16-7-5-15(6-8-16)24-9-10-25-18(24)22-23-19(25)28-12-17(26)21-14-4-2-3-13(20)11-14/h2-8,11H,9-10,12H2,1H3,(H,21,26). The average Bonchev–Trinajstić information content (AvgIpc) is 3.29. The van der Waals surface area contributed by atoms with Gasteiger partial charge in [0.25, 0.3) is 0 Å². The van der Waals surface area contributed by atoms with E-state index in [1.54, 1.807) is 31.4 Å². The van der Waals surface area contributed by atoms with Gasteiger partial charge in [0, 0.05) is 29.5 Å². The number of amides is 1. The van der Waals surface area contributed by atoms with Crippen LogP contribution in [-0.4, -0.2) is 40.1 Å². The SMILES string of the molecule is COc1ccc(N2CCn3c(SCC(=O)Nc4cccc(Cl)c4)nnc32)cc1. The fraction of sp³-hybridized carbons (Fsp3) is 0.211. The van der Waals surface area contributed by atoms with Gasteiger partial charge in [-0.15, -0.1) is 10.2 Å². The molecule has 0 saturated heterocycles. The molecular weight excluding hydrogens is 398 g/mol. The lowest BCUT2D eigenvalue weighted by Crippen LogP contribution is -2.14. The van der Waals surface area contributed by atoms with Gasteiger partial charge in [0.2, 0.25) is 11.9 Å². The van der Waals surface area contributed by atoms with Crippen LogP contribution in [-0.2, 0) is 11.3 Å². The molecular formula is C19H18ClN5O2S. The van der Waals surface area contributed by atoms with Crippen molar-refractivity contribution in [3.8, 4) is 5.75 Å². The summed E-state index contributed by atoms with van der Waals surface area (Å²) in [6, 6.07) is 14.9. The maximum Gasteiger partial charge on any atom is 0.234 e. The predicted octanol–water partition coefficient (Wildman–Crippen LogP) is 3.82. The Hall–Kier alpha value is -2.71. The lowest BCUT2D eigenvalue weighted by molar-refractivity contribution is -0.113. The molecule has 1 amide bonds. The number of carbonyl (C=O) groups excluding carboxylic acids is 1. The van der Waals surface area contributed by atoms with Crippen LogP contribution < -0.4 is 15.0 Å². The number of nitrogens with zero attached hydrogens (tertiary/aromatic N) is 4. The highest BCUT2D eigenvalue weighted by Crippen LogP contribution is 2.32. The van der Waals surface area contributed by atoms with Gasteiger partial charge in [0.05, 0.1) is 12.9 Å². The van der Waals surface area contributed by atoms with E-state index in [0.717, 1.165) is 35.6 Å². The highest BCUT2D eigenvalue weighted by Gasteiger charge is 2.26. The van der Waals surface area contributed by atoms with Gasteiger partial charge in [-0.25, -0.2) is 0 Å². The summed E-state index contributed by atoms with van der Waals surface area (Å²) in [7, 11) is 1.65. The molecule has 0 fully saturated rings. The Labute approximate surface area is 171 Å². The fourth-order valence-electron chi connectivity index (χ4n) is 2.98. The molecule has 7 nitrogen and oxygen atoms in total. The minimum Gasteiger partial charge on any atom is -0.497 e. The molecule has 0 radical (unpaired) electrons. The van der Waals surface area contributed by atoms with Crippen LogP contribution in [0.25, 0.3) is 0 Å². The van der Waals surface area contributed by atoms with Crippen molar-refractivity contribution in [3.63, 3.8) is 0 Å². The largest absolute Gasteiger partial charge is 0.497 e. The second-order valence-electron chi connectivity index (χ2n) is 6.13. The number of hydrogen-bond acceptors (Lipinski definition) is 6. The highest BCUT2D eigenvalue weighted by molar-refractivity contribution is 7.99. The Morgan fingerprint density at radius 3 is 2.79 bits per heavy atom. The molecule has 0 bridgehead atoms. The molecule has 0 spiro atoms. The monoisotopic (exact) mass is 415 g/mol. The summed E-state index contributed by atoms with van der Waals surface area (Å²) in [5, 5.41) is 12.7. The van der Waals surface area contributed by atoms with Gasteiger partial charge in [0.15, 0.2) is 5.16 Å². The van der Waals surface area contributed by atoms with Crippen LogP contribution in [0, 0.1) is 0 Å². The highest BCUT2D eigenvalue weighted by atomic mass is 35.5. The molecule has 4 rings (SSSR count). The Balaban J connectivity index is 1.40. The van der Waals surface area contributed by atoms with Gasteiger partial charge in [-0.05, 0) is 42.5 Å². The maximum absolute atomic E-state index is 12.2. The van der Waals surface area contributed by atoms with E-state index in [-0.39, 0.29) is 11.7 Å². The number of fused-ring (bicyclic) bond motifs is 1. The minimum atomic E-state index is -0.116. The lowest BCUT2D eigenvalue weighted by Gasteiger charge is -2.15. The minimum absolute atomic E-state index is 0.116. The smallest absolute Gasteiger partial charge is 0.234 e. The third kappa shape index (κ3) is 3.93. The number of benzene rings is 2. The second kappa shape index (κ2) is 8.12. The summed E-state index contributed by atoms with van der Waals surface area (Å²) in [6.07, 6.45) is 0. The molecule has 0 aliphatic carbocycles. The first-order valence-corrected chi connectivity index (χ1v) is 10.0. The summed E-state index contributed by atoms with van der Waals surface area (Å²) < 4.78 is 7.24. The molecule has 3 aromatic rings. The van der Waals surface area contributed by atoms with E-state index >= 15 is 0 Å². The third-order valence-corrected chi connectivity index (χ3v) is 5.51. The van der Waals surface area contributed by atoms with Crippen molar-refractivity contribution < 1.29 is 9.53 Å². The summed E-state index contributed by atoms with van der Waals surface area (Å²) >= 11 is 7.31. The molecule has 2 heterocycles. The average molecular weight is 416 g/mol. The van der Waals surface area contributed by atoms with Crippen molar-refractivity contribution in [1.82, 2.24) is 14.8 Å². The van der Waals surface area contributed by atoms with Crippen LogP contribution in [0.15, 0.2) is 53.7 Å². The van der Waals surface area contributed by atoms with Crippen molar-refractivity contribution >= 4 is 46.6 Å². The van der Waals surface area contributed by atoms with E-state index in [9.17, 15) is 4.79 Å². The molecule has 0 atom stereocenters. The number of nitrogens with one attached hydrogen (secondary N) is 1. The molecule has 0 unspecified atom stereocenters. The lowest BCUT2D eigenvalue weighted by atomic mass is 10.3. The van der Waals surface area contributed by atoms with Crippen LogP contribution in [0.2, 0.25) is 5.02 Å². The fourth-order valence-corrected chi connectivity index (χ4v) is 3.93. The van der Waals surface area contributed by atoms with E-state index in [1.165, 1.54) is 11.8 Å². The Kier molecular flexibility index (Phi) is 5.40. The van der Waals surface area contributed by atoms with Crippen molar-refractivity contribution in [3.05, 3.63) is 53.6 Å². The van der Waals surface area contributed by atoms with Crippen molar-refractivity contribution in [1.29, 1.82) is 0 Å². The Morgan fingerprint density at radius 1 is 1.21 bits per heavy atom. The van der Waals surface area contributed by atoms with E-state index in [2.05, 4.69) is 20.4 Å². The number of aromatic nitrogens is 3. The quantitative estimate of drug-likeness (QED) is 0.617. The van der Waals surface area contributed by atoms with Gasteiger partial charge in [-0.3, -0.25) is 9.36 Å². The normalized spacial score (nSPS) is 12.7. The molecule has 1 N–H and O–H groups in total. The van der Waals surface area contributed by atoms with Crippen LogP contribution in [0.5, 0.6) is 5.75 Å². The van der Waals surface area contributed by atoms with Gasteiger partial charge < -0.3 is 15.0 Å². The summed E-state index contributed by atoms with van der Waals surface area (Å²) in [6.45, 7) is 1.58. The number of thioether (sulfide) groups is 1. The third-order valence-electron chi connectivity index (χ3n) is 4.31. The van der Waals surface area contributed by atoms with Gasteiger partial charge >= 0.3 is 0 Å². The molecule has 1 aliphatic heterocycles. The van der Waals surface area contributed by atoms with E-state index in [0.29, 0.717) is 10.7 Å². The van der Waals surface area contributed by atoms with Crippen LogP contribution >= 0.6 is 23.4 Å². The van der Waals surface area contributed by atoms with Crippen molar-refractivity contribution in [2.75, 3.05) is 29.6 Å². The molecule has 2 aromatic carbocycles. The van der Waals surface area contributed by atoms with Crippen LogP contribution in [0.1, 0.15) is 0 Å². The molecule has 144 valence electrons. The molecule has 0 saturated carbocycles. The number of anilines is 3. The molecule has 1 aromatic heterocycles. The van der Waals surface area contributed by atoms with Gasteiger partial charge in [0.1, 0.15) is 5.75 Å². The van der Waals surface area contributed by atoms with Crippen LogP contribution in [0.4, 0.5) is 17.3 Å². The van der Waals surface area contributed by atoms with Gasteiger partial charge in [-0.1, -0.05) is 29.4 Å². The zero-order valence-electron chi connectivity index (χ0n) is 15.1. The van der Waals surface area contributed by atoms with Crippen molar-refractivity contribution in [2.24, 2.45) is 0 Å². The summed E-state index contributed by atoms with van der Waals surface area (Å²) in [5.74, 6) is 1.72. The first-order valence-electron chi connectivity index (χ1n) is 8.67. The van der Waals surface area contributed by atoms with Gasteiger partial charge in [-0.2, -0.15) is 0 Å². The number of rotatable bonds is 6. The topological polar surface area (TPSA) is 72.3 Å². The summed E-state index contributed by atoms with van der Waals surface area (Å²) in [5.41, 5.74) is 1.71. The summed E-state index contributed by atoms with van der Waals surface area (Å²) in [4.78, 5) is 14.3. The first kappa shape index (κ1) is 18.6. The van der Waals surface area contributed by atoms with E-state index in [1.807, 2.05) is 28.8 Å². The van der Waals surface area contributed by atoms with Crippen LogP contribution in [0.3, 0.4) is 0 Å². The second-order valence-corrected chi connectivity index (χ2v) is 7.51. The zero-order chi connectivity index (χ0) is 19.5. The molecule has 28 heavy (non-hydrogen) atoms. The number of carbonyl (C=O) groups is 1. The predicted molar refractivity (Wildman–Crippen MR) is 111 cm³/mol. The number of ether oxygens (including phenoxy) is 1. The Bertz CT molecular complexity index is 992. The zero-order valence-corrected chi connectivity index (χ0v) is 16.7. The molecule has 9 heteroatoms. The molecule has 1 aliphatic rings. The first-order chi connectivity index (χ1) is 13.6. The van der Waals surface area contributed by atoms with Crippen molar-refractivity contribution in [2.45, 2.75) is 11.7 Å². The van der Waals surface area contributed by atoms with E-state index < -0.39 is 0 Å². The number of halogens is 1. The maximum atomic E-state index is 12.2. The number of methoxy groups -OCH3 is 1. The Morgan fingerprint density at radius 2 is 2.04 bits per heavy atom. The number of hydrogen-bond donors (Lipinski definition) is 1.